The first-order valence-electron chi connectivity index (χ1n) is 7.40. The first-order valence-corrected chi connectivity index (χ1v) is 7.40. The number of rotatable bonds is 10. The Morgan fingerprint density at radius 3 is 2.14 bits per heavy atom. The van der Waals surface area contributed by atoms with Gasteiger partial charge in [0.05, 0.1) is 6.54 Å². The largest absolute Gasteiger partial charge is 0.368 e. The molecule has 6 N–H and O–H groups in total. The maximum atomic E-state index is 12.2. The minimum atomic E-state index is -0.707. The van der Waals surface area contributed by atoms with Gasteiger partial charge in [-0.2, -0.15) is 0 Å². The van der Waals surface area contributed by atoms with Crippen molar-refractivity contribution in [3.05, 3.63) is 0 Å². The lowest BCUT2D eigenvalue weighted by Gasteiger charge is -2.23. The fraction of sp³-hybridized carbons (Fsp3) is 0.786. The van der Waals surface area contributed by atoms with E-state index in [0.717, 1.165) is 12.8 Å². The molecule has 3 amide bonds. The average Bonchev–Trinajstić information content (AvgIpc) is 2.41. The van der Waals surface area contributed by atoms with Crippen LogP contribution in [-0.4, -0.2) is 36.3 Å². The number of carbonyl (C=O) groups excluding carboxylic acids is 3. The number of carbonyl (C=O) groups is 3. The monoisotopic (exact) mass is 300 g/mol. The molecule has 2 atom stereocenters. The molecule has 0 aromatic rings. The van der Waals surface area contributed by atoms with E-state index in [-0.39, 0.29) is 12.5 Å². The van der Waals surface area contributed by atoms with Crippen molar-refractivity contribution in [2.75, 3.05) is 6.54 Å². The van der Waals surface area contributed by atoms with Crippen molar-refractivity contribution in [1.29, 1.82) is 0 Å². The lowest BCUT2D eigenvalue weighted by atomic mass is 10.0. The van der Waals surface area contributed by atoms with Crippen LogP contribution < -0.4 is 22.1 Å². The zero-order valence-electron chi connectivity index (χ0n) is 13.1. The van der Waals surface area contributed by atoms with Gasteiger partial charge in [-0.1, -0.05) is 33.6 Å². The normalized spacial score (nSPS) is 13.6. The number of nitrogens with one attached hydrogen (secondary N) is 2. The van der Waals surface area contributed by atoms with Crippen LogP contribution in [0, 0.1) is 5.92 Å². The molecule has 0 saturated heterocycles. The standard InChI is InChI=1S/C14H28N4O3/c1-4-5-6-10(13(16)20)18-14(21)11(7-9(2)3)17-12(19)8-15/h9-11H,4-8,15H2,1-3H3,(H2,16,20)(H,17,19)(H,18,21)/t10-,11-/m0/s1. The van der Waals surface area contributed by atoms with Crippen LogP contribution in [0.25, 0.3) is 0 Å². The number of primary amides is 1. The van der Waals surface area contributed by atoms with E-state index in [4.69, 9.17) is 11.5 Å². The SMILES string of the molecule is CCCC[C@H](NC(=O)[C@H](CC(C)C)NC(=O)CN)C(N)=O. The molecule has 0 aromatic carbocycles. The van der Waals surface area contributed by atoms with Crippen molar-refractivity contribution in [3.63, 3.8) is 0 Å². The van der Waals surface area contributed by atoms with E-state index in [9.17, 15) is 14.4 Å². The molecular formula is C14H28N4O3. The van der Waals surface area contributed by atoms with Crippen molar-refractivity contribution in [1.82, 2.24) is 10.6 Å². The Bertz CT molecular complexity index is 358. The minimum Gasteiger partial charge on any atom is -0.368 e. The predicted molar refractivity (Wildman–Crippen MR) is 81.1 cm³/mol. The van der Waals surface area contributed by atoms with E-state index >= 15 is 0 Å². The van der Waals surface area contributed by atoms with Crippen LogP contribution in [0.15, 0.2) is 0 Å². The Morgan fingerprint density at radius 1 is 1.10 bits per heavy atom. The molecule has 0 saturated carbocycles. The van der Waals surface area contributed by atoms with Crippen molar-refractivity contribution < 1.29 is 14.4 Å². The van der Waals surface area contributed by atoms with Crippen LogP contribution in [0.2, 0.25) is 0 Å². The average molecular weight is 300 g/mol. The predicted octanol–water partition coefficient (Wildman–Crippen LogP) is -0.364. The zero-order valence-corrected chi connectivity index (χ0v) is 13.1. The van der Waals surface area contributed by atoms with Gasteiger partial charge in [0.1, 0.15) is 12.1 Å². The second-order valence-corrected chi connectivity index (χ2v) is 5.56. The summed E-state index contributed by atoms with van der Waals surface area (Å²) in [5, 5.41) is 5.19. The first kappa shape index (κ1) is 19.4. The summed E-state index contributed by atoms with van der Waals surface area (Å²) < 4.78 is 0. The molecular weight excluding hydrogens is 272 g/mol. The van der Waals surface area contributed by atoms with Crippen molar-refractivity contribution in [2.24, 2.45) is 17.4 Å². The van der Waals surface area contributed by atoms with Crippen molar-refractivity contribution in [3.8, 4) is 0 Å². The highest BCUT2D eigenvalue weighted by molar-refractivity contribution is 5.91. The minimum absolute atomic E-state index is 0.184. The van der Waals surface area contributed by atoms with Crippen LogP contribution in [0.3, 0.4) is 0 Å². The summed E-state index contributed by atoms with van der Waals surface area (Å²) >= 11 is 0. The van der Waals surface area contributed by atoms with Crippen LogP contribution in [-0.2, 0) is 14.4 Å². The van der Waals surface area contributed by atoms with E-state index < -0.39 is 29.8 Å². The molecule has 0 heterocycles. The molecule has 0 fully saturated rings. The molecule has 21 heavy (non-hydrogen) atoms. The molecule has 7 nitrogen and oxygen atoms in total. The molecule has 0 rings (SSSR count). The molecule has 122 valence electrons. The summed E-state index contributed by atoms with van der Waals surface area (Å²) in [5.41, 5.74) is 10.5. The molecule has 0 spiro atoms. The second kappa shape index (κ2) is 10.1. The summed E-state index contributed by atoms with van der Waals surface area (Å²) in [5.74, 6) is -1.16. The highest BCUT2D eigenvalue weighted by Crippen LogP contribution is 2.07. The van der Waals surface area contributed by atoms with Gasteiger partial charge in [-0.25, -0.2) is 0 Å². The lowest BCUT2D eigenvalue weighted by molar-refractivity contribution is -0.131. The van der Waals surface area contributed by atoms with E-state index in [1.807, 2.05) is 20.8 Å². The summed E-state index contributed by atoms with van der Waals surface area (Å²) in [6.45, 7) is 5.69. The number of nitrogens with two attached hydrogens (primary N) is 2. The van der Waals surface area contributed by atoms with Gasteiger partial charge in [0.2, 0.25) is 17.7 Å². The van der Waals surface area contributed by atoms with Gasteiger partial charge in [-0.3, -0.25) is 14.4 Å². The summed E-state index contributed by atoms with van der Waals surface area (Å²) in [4.78, 5) is 35.0. The zero-order chi connectivity index (χ0) is 16.4. The Balaban J connectivity index is 4.75. The first-order chi connectivity index (χ1) is 9.81. The van der Waals surface area contributed by atoms with Gasteiger partial charge in [0, 0.05) is 0 Å². The maximum absolute atomic E-state index is 12.2. The third kappa shape index (κ3) is 8.29. The lowest BCUT2D eigenvalue weighted by Crippen LogP contribution is -2.54. The topological polar surface area (TPSA) is 127 Å². The van der Waals surface area contributed by atoms with Crippen LogP contribution >= 0.6 is 0 Å². The molecule has 0 bridgehead atoms. The van der Waals surface area contributed by atoms with E-state index in [1.165, 1.54) is 0 Å². The van der Waals surface area contributed by atoms with Crippen molar-refractivity contribution in [2.45, 2.75) is 58.5 Å². The maximum Gasteiger partial charge on any atom is 0.243 e. The highest BCUT2D eigenvalue weighted by atomic mass is 16.2. The Kier molecular flexibility index (Phi) is 9.36. The third-order valence-electron chi connectivity index (χ3n) is 3.05. The highest BCUT2D eigenvalue weighted by Gasteiger charge is 2.25. The van der Waals surface area contributed by atoms with Crippen LogP contribution in [0.5, 0.6) is 0 Å². The Morgan fingerprint density at radius 2 is 1.71 bits per heavy atom. The summed E-state index contributed by atoms with van der Waals surface area (Å²) in [7, 11) is 0. The summed E-state index contributed by atoms with van der Waals surface area (Å²) in [6, 6.07) is -1.41. The van der Waals surface area contributed by atoms with Gasteiger partial charge >= 0.3 is 0 Å². The number of hydrogen-bond donors (Lipinski definition) is 4. The second-order valence-electron chi connectivity index (χ2n) is 5.56. The summed E-state index contributed by atoms with van der Waals surface area (Å²) in [6.07, 6.45) is 2.66. The molecule has 0 aliphatic rings. The fourth-order valence-corrected chi connectivity index (χ4v) is 1.92. The van der Waals surface area contributed by atoms with Crippen molar-refractivity contribution >= 4 is 17.7 Å². The van der Waals surface area contributed by atoms with E-state index in [0.29, 0.717) is 12.8 Å². The van der Waals surface area contributed by atoms with Gasteiger partial charge < -0.3 is 22.1 Å². The van der Waals surface area contributed by atoms with Gasteiger partial charge in [-0.05, 0) is 18.8 Å². The quantitative estimate of drug-likeness (QED) is 0.439. The molecule has 7 heteroatoms. The number of amides is 3. The van der Waals surface area contributed by atoms with Gasteiger partial charge in [0.25, 0.3) is 0 Å². The molecule has 0 aromatic heterocycles. The molecule has 0 unspecified atom stereocenters. The third-order valence-corrected chi connectivity index (χ3v) is 3.05. The van der Waals surface area contributed by atoms with Gasteiger partial charge in [0.15, 0.2) is 0 Å². The Labute approximate surface area is 126 Å². The van der Waals surface area contributed by atoms with E-state index in [1.54, 1.807) is 0 Å². The molecule has 0 aliphatic carbocycles. The van der Waals surface area contributed by atoms with Gasteiger partial charge in [-0.15, -0.1) is 0 Å². The molecule has 0 radical (unpaired) electrons. The molecule has 0 aliphatic heterocycles. The van der Waals surface area contributed by atoms with E-state index in [2.05, 4.69) is 10.6 Å². The fourth-order valence-electron chi connectivity index (χ4n) is 1.92. The number of unbranched alkanes of at least 4 members (excludes halogenated alkanes) is 1. The van der Waals surface area contributed by atoms with Crippen LogP contribution in [0.4, 0.5) is 0 Å². The van der Waals surface area contributed by atoms with Crippen LogP contribution in [0.1, 0.15) is 46.5 Å². The number of hydrogen-bond acceptors (Lipinski definition) is 4. The Hall–Kier alpha value is -1.63. The smallest absolute Gasteiger partial charge is 0.243 e.